The Balaban J connectivity index is 0.000000296. The molecule has 0 bridgehead atoms. The standard InChI is InChI=1S/C32H30NO.C13H24O2.CH3.Ir/c1-21-18-27-26-6-2-3-7-29(26)34-31(27)28(19-21)30-25-9-8-23(20-24(25)12-17-33-30)22-10-15-32(16-11-22)13-4-5-14-32;1-5-10(6-2)12(14)9-13(15)11(7-3)8-4;;/h2-3,6-9,12,17-18,20,22H,4-5,10-11,13-16H2,1H3;9-11,14H,5-8H2,1-4H3;1H3;/q-1;;-1;/b;12-9-;;. The molecule has 0 aliphatic heterocycles. The van der Waals surface area contributed by atoms with E-state index in [1.54, 1.807) is 0 Å². The minimum absolute atomic E-state index is 0. The zero-order valence-electron chi connectivity index (χ0n) is 31.6. The number of furan rings is 1. The van der Waals surface area contributed by atoms with Gasteiger partial charge in [-0.3, -0.25) is 4.79 Å². The molecule has 5 heteroatoms. The average Bonchev–Trinajstić information content (AvgIpc) is 3.73. The quantitative estimate of drug-likeness (QED) is 0.0911. The molecule has 2 aliphatic rings. The number of allylic oxidation sites excluding steroid dienone is 2. The maximum absolute atomic E-state index is 11.7. The summed E-state index contributed by atoms with van der Waals surface area (Å²) in [4.78, 5) is 16.6. The molecular formula is C46H57IrNO3-2. The first-order valence-corrected chi connectivity index (χ1v) is 19.0. The number of hydrogen-bond acceptors (Lipinski definition) is 4. The number of para-hydroxylation sites is 1. The van der Waals surface area contributed by atoms with Crippen molar-refractivity contribution in [1.82, 2.24) is 4.98 Å². The summed E-state index contributed by atoms with van der Waals surface area (Å²) in [5.74, 6) is 1.24. The second kappa shape index (κ2) is 18.0. The van der Waals surface area contributed by atoms with Crippen molar-refractivity contribution in [2.45, 2.75) is 118 Å². The summed E-state index contributed by atoms with van der Waals surface area (Å²) in [7, 11) is 0. The minimum atomic E-state index is 0. The second-order valence-corrected chi connectivity index (χ2v) is 14.8. The molecule has 0 unspecified atom stereocenters. The number of benzene rings is 3. The van der Waals surface area contributed by atoms with E-state index >= 15 is 0 Å². The molecule has 5 aromatic rings. The number of aromatic nitrogens is 1. The Morgan fingerprint density at radius 1 is 0.902 bits per heavy atom. The van der Waals surface area contributed by atoms with Crippen molar-refractivity contribution in [2.24, 2.45) is 17.3 Å². The smallest absolute Gasteiger partial charge is 0.162 e. The van der Waals surface area contributed by atoms with E-state index in [1.807, 2.05) is 46.0 Å². The third-order valence-corrected chi connectivity index (χ3v) is 11.8. The largest absolute Gasteiger partial charge is 0.512 e. The van der Waals surface area contributed by atoms with Gasteiger partial charge in [0.1, 0.15) is 5.58 Å². The van der Waals surface area contributed by atoms with Gasteiger partial charge in [0, 0.05) is 49.6 Å². The van der Waals surface area contributed by atoms with Crippen LogP contribution < -0.4 is 0 Å². The predicted molar refractivity (Wildman–Crippen MR) is 210 cm³/mol. The predicted octanol–water partition coefficient (Wildman–Crippen LogP) is 13.4. The number of ketones is 1. The van der Waals surface area contributed by atoms with Gasteiger partial charge in [0.2, 0.25) is 0 Å². The van der Waals surface area contributed by atoms with Crippen LogP contribution in [-0.2, 0) is 24.9 Å². The Labute approximate surface area is 319 Å². The van der Waals surface area contributed by atoms with E-state index in [-0.39, 0.29) is 50.9 Å². The number of hydrogen-bond donors (Lipinski definition) is 1. The fourth-order valence-corrected chi connectivity index (χ4v) is 8.69. The van der Waals surface area contributed by atoms with E-state index in [9.17, 15) is 9.90 Å². The summed E-state index contributed by atoms with van der Waals surface area (Å²) in [5, 5.41) is 14.5. The van der Waals surface area contributed by atoms with Gasteiger partial charge in [-0.25, -0.2) is 0 Å². The molecule has 2 aromatic heterocycles. The first-order chi connectivity index (χ1) is 23.8. The number of nitrogens with zero attached hydrogens (tertiary/aromatic N) is 1. The zero-order chi connectivity index (χ0) is 34.5. The molecule has 3 aromatic carbocycles. The summed E-state index contributed by atoms with van der Waals surface area (Å²) < 4.78 is 6.34. The van der Waals surface area contributed by atoms with Crippen LogP contribution >= 0.6 is 0 Å². The van der Waals surface area contributed by atoms with E-state index in [4.69, 9.17) is 9.40 Å². The van der Waals surface area contributed by atoms with Crippen molar-refractivity contribution in [3.63, 3.8) is 0 Å². The SMILES string of the molecule is CCC(CC)C(=O)/C=C(\O)C(CC)CC.Cc1[c-]c(-c2nccc3cc(C4CCC5(CCCC5)CC4)ccc23)c2oc3ccccc3c2c1.[CH3-].[Ir]. The molecule has 0 atom stereocenters. The van der Waals surface area contributed by atoms with E-state index in [1.165, 1.54) is 73.8 Å². The van der Waals surface area contributed by atoms with Crippen LogP contribution in [0.1, 0.15) is 122 Å². The van der Waals surface area contributed by atoms with Crippen molar-refractivity contribution in [3.8, 4) is 11.3 Å². The molecule has 1 spiro atoms. The van der Waals surface area contributed by atoms with Crippen molar-refractivity contribution in [2.75, 3.05) is 0 Å². The first kappa shape index (κ1) is 40.5. The molecule has 1 N–H and O–H groups in total. The Morgan fingerprint density at radius 3 is 2.24 bits per heavy atom. The molecule has 2 aliphatic carbocycles. The maximum Gasteiger partial charge on any atom is 0.162 e. The van der Waals surface area contributed by atoms with Crippen molar-refractivity contribution in [3.05, 3.63) is 97.2 Å². The Bertz CT molecular complexity index is 1930. The van der Waals surface area contributed by atoms with Crippen LogP contribution in [0.5, 0.6) is 0 Å². The number of rotatable bonds is 9. The van der Waals surface area contributed by atoms with Crippen molar-refractivity contribution in [1.29, 1.82) is 0 Å². The Morgan fingerprint density at radius 2 is 1.57 bits per heavy atom. The number of fused-ring (bicyclic) bond motifs is 4. The van der Waals surface area contributed by atoms with Gasteiger partial charge in [0.15, 0.2) is 5.78 Å². The summed E-state index contributed by atoms with van der Waals surface area (Å²) in [5.41, 5.74) is 7.01. The number of pyridine rings is 1. The van der Waals surface area contributed by atoms with Gasteiger partial charge in [0.25, 0.3) is 0 Å². The molecule has 2 heterocycles. The molecule has 4 nitrogen and oxygen atoms in total. The molecule has 275 valence electrons. The fourth-order valence-electron chi connectivity index (χ4n) is 8.69. The van der Waals surface area contributed by atoms with Gasteiger partial charge in [-0.2, -0.15) is 0 Å². The van der Waals surface area contributed by atoms with Crippen LogP contribution in [-0.4, -0.2) is 15.9 Å². The van der Waals surface area contributed by atoms with Gasteiger partial charge in [-0.05, 0) is 110 Å². The van der Waals surface area contributed by atoms with Gasteiger partial charge < -0.3 is 21.9 Å². The molecule has 0 amide bonds. The van der Waals surface area contributed by atoms with Gasteiger partial charge in [-0.15, -0.1) is 17.7 Å². The summed E-state index contributed by atoms with van der Waals surface area (Å²) >= 11 is 0. The number of aliphatic hydroxyl groups is 1. The third kappa shape index (κ3) is 8.69. The fraction of sp³-hybridized carbons (Fsp3) is 0.457. The molecule has 2 saturated carbocycles. The van der Waals surface area contributed by atoms with Crippen LogP contribution in [0.2, 0.25) is 0 Å². The van der Waals surface area contributed by atoms with Gasteiger partial charge in [0.05, 0.1) is 11.3 Å². The molecule has 7 rings (SSSR count). The van der Waals surface area contributed by atoms with Crippen molar-refractivity contribution >= 4 is 38.5 Å². The average molecular weight is 864 g/mol. The molecule has 2 fully saturated rings. The van der Waals surface area contributed by atoms with Crippen LogP contribution in [0.15, 0.2) is 77.0 Å². The monoisotopic (exact) mass is 864 g/mol. The van der Waals surface area contributed by atoms with Crippen LogP contribution in [0.4, 0.5) is 0 Å². The van der Waals surface area contributed by atoms with Crippen LogP contribution in [0.3, 0.4) is 0 Å². The second-order valence-electron chi connectivity index (χ2n) is 14.8. The van der Waals surface area contributed by atoms with E-state index in [2.05, 4.69) is 55.5 Å². The Kier molecular flexibility index (Phi) is 14.3. The molecule has 1 radical (unpaired) electrons. The van der Waals surface area contributed by atoms with E-state index in [0.29, 0.717) is 11.3 Å². The molecule has 51 heavy (non-hydrogen) atoms. The molecular weight excluding hydrogens is 807 g/mol. The normalized spacial score (nSPS) is 16.0. The number of aryl methyl sites for hydroxylation is 1. The third-order valence-electron chi connectivity index (χ3n) is 11.8. The summed E-state index contributed by atoms with van der Waals surface area (Å²) in [6, 6.07) is 23.2. The van der Waals surface area contributed by atoms with Gasteiger partial charge >= 0.3 is 0 Å². The summed E-state index contributed by atoms with van der Waals surface area (Å²) in [6.07, 6.45) is 18.2. The van der Waals surface area contributed by atoms with Crippen LogP contribution in [0, 0.1) is 37.7 Å². The molecule has 0 saturated heterocycles. The minimum Gasteiger partial charge on any atom is -0.512 e. The number of carbonyl (C=O) groups excluding carboxylic acids is 1. The van der Waals surface area contributed by atoms with E-state index < -0.39 is 0 Å². The van der Waals surface area contributed by atoms with E-state index in [0.717, 1.165) is 64.4 Å². The summed E-state index contributed by atoms with van der Waals surface area (Å²) in [6.45, 7) is 10.2. The van der Waals surface area contributed by atoms with Gasteiger partial charge in [-0.1, -0.05) is 94.8 Å². The topological polar surface area (TPSA) is 63.3 Å². The van der Waals surface area contributed by atoms with Crippen LogP contribution in [0.25, 0.3) is 44.0 Å². The number of aliphatic hydroxyl groups excluding tert-OH is 1. The number of carbonyl (C=O) groups is 1. The zero-order valence-corrected chi connectivity index (χ0v) is 34.0. The Hall–Kier alpha value is -3.27. The maximum atomic E-state index is 11.7. The first-order valence-electron chi connectivity index (χ1n) is 19.0. The van der Waals surface area contributed by atoms with Crippen molar-refractivity contribution < 1.29 is 34.4 Å².